The smallest absolute Gasteiger partial charge is 0.153 e. The Hall–Kier alpha value is -0.950. The van der Waals surface area contributed by atoms with Gasteiger partial charge in [0, 0.05) is 6.07 Å². The number of benzene rings is 1. The standard InChI is InChI=1S/C13H11Cl2F2N3S/c1-21-11-6-18-12(13(14)19-11)10(20-15)4-7-2-8(16)5-9(17)3-7/h2-3,5-6,10,20H,4H2,1H3/t10-/m0/s1. The Bertz CT molecular complexity index is 623. The number of aromatic nitrogens is 2. The lowest BCUT2D eigenvalue weighted by Gasteiger charge is -2.15. The number of rotatable bonds is 5. The van der Waals surface area contributed by atoms with E-state index in [2.05, 4.69) is 14.8 Å². The van der Waals surface area contributed by atoms with E-state index in [0.29, 0.717) is 16.3 Å². The first-order chi connectivity index (χ1) is 10.0. The van der Waals surface area contributed by atoms with Gasteiger partial charge in [0.25, 0.3) is 0 Å². The number of nitrogens with one attached hydrogen (secondary N) is 1. The summed E-state index contributed by atoms with van der Waals surface area (Å²) in [5.74, 6) is -1.29. The Morgan fingerprint density at radius 2 is 1.95 bits per heavy atom. The molecule has 2 rings (SSSR count). The van der Waals surface area contributed by atoms with Crippen molar-refractivity contribution in [3.8, 4) is 0 Å². The van der Waals surface area contributed by atoms with Gasteiger partial charge < -0.3 is 0 Å². The van der Waals surface area contributed by atoms with Crippen LogP contribution in [0.3, 0.4) is 0 Å². The molecule has 0 amide bonds. The molecule has 1 aromatic heterocycles. The van der Waals surface area contributed by atoms with Gasteiger partial charge in [0.1, 0.15) is 16.7 Å². The molecule has 21 heavy (non-hydrogen) atoms. The van der Waals surface area contributed by atoms with Crippen molar-refractivity contribution in [1.29, 1.82) is 0 Å². The maximum Gasteiger partial charge on any atom is 0.153 e. The third-order valence-corrected chi connectivity index (χ3v) is 3.92. The van der Waals surface area contributed by atoms with Crippen molar-refractivity contribution < 1.29 is 8.78 Å². The topological polar surface area (TPSA) is 37.8 Å². The van der Waals surface area contributed by atoms with Gasteiger partial charge in [0.2, 0.25) is 0 Å². The summed E-state index contributed by atoms with van der Waals surface area (Å²) in [4.78, 5) is 10.9. The van der Waals surface area contributed by atoms with Crippen molar-refractivity contribution in [1.82, 2.24) is 14.8 Å². The number of nitrogens with zero attached hydrogens (tertiary/aromatic N) is 2. The van der Waals surface area contributed by atoms with Crippen molar-refractivity contribution in [2.45, 2.75) is 17.5 Å². The number of halogens is 4. The molecule has 3 nitrogen and oxygen atoms in total. The summed E-state index contributed by atoms with van der Waals surface area (Å²) in [5, 5.41) is 0.880. The second-order valence-electron chi connectivity index (χ2n) is 4.23. The largest absolute Gasteiger partial charge is 0.254 e. The molecule has 0 aliphatic rings. The van der Waals surface area contributed by atoms with Crippen LogP contribution in [0.4, 0.5) is 8.78 Å². The van der Waals surface area contributed by atoms with Crippen LogP contribution in [0.25, 0.3) is 0 Å². The molecule has 0 saturated heterocycles. The Kier molecular flexibility index (Phi) is 5.75. The molecule has 0 radical (unpaired) electrons. The van der Waals surface area contributed by atoms with Crippen molar-refractivity contribution in [3.05, 3.63) is 52.4 Å². The predicted molar refractivity (Wildman–Crippen MR) is 80.6 cm³/mol. The zero-order valence-electron chi connectivity index (χ0n) is 10.9. The molecule has 0 unspecified atom stereocenters. The molecule has 1 aromatic carbocycles. The van der Waals surface area contributed by atoms with E-state index in [1.54, 1.807) is 6.20 Å². The van der Waals surface area contributed by atoms with Crippen LogP contribution < -0.4 is 4.84 Å². The number of hydrogen-bond donors (Lipinski definition) is 1. The fourth-order valence-corrected chi connectivity index (χ4v) is 2.69. The van der Waals surface area contributed by atoms with Gasteiger partial charge in [-0.1, -0.05) is 11.6 Å². The van der Waals surface area contributed by atoms with E-state index in [0.717, 1.165) is 6.07 Å². The van der Waals surface area contributed by atoms with E-state index in [-0.39, 0.29) is 11.6 Å². The molecule has 0 aliphatic heterocycles. The third kappa shape index (κ3) is 4.26. The molecule has 0 aliphatic carbocycles. The van der Waals surface area contributed by atoms with Crippen molar-refractivity contribution in [2.24, 2.45) is 0 Å². The van der Waals surface area contributed by atoms with Gasteiger partial charge in [-0.2, -0.15) is 0 Å². The van der Waals surface area contributed by atoms with Crippen LogP contribution in [0.5, 0.6) is 0 Å². The highest BCUT2D eigenvalue weighted by Crippen LogP contribution is 2.25. The summed E-state index contributed by atoms with van der Waals surface area (Å²) < 4.78 is 26.4. The van der Waals surface area contributed by atoms with Gasteiger partial charge >= 0.3 is 0 Å². The molecular weight excluding hydrogens is 339 g/mol. The fraction of sp³-hybridized carbons (Fsp3) is 0.231. The van der Waals surface area contributed by atoms with Crippen LogP contribution >= 0.6 is 35.1 Å². The van der Waals surface area contributed by atoms with Crippen LogP contribution in [0.1, 0.15) is 17.3 Å². The second-order valence-corrected chi connectivity index (χ2v) is 5.63. The monoisotopic (exact) mass is 349 g/mol. The molecular formula is C13H11Cl2F2N3S. The molecule has 1 atom stereocenters. The minimum atomic E-state index is -0.645. The first-order valence-electron chi connectivity index (χ1n) is 5.91. The second kappa shape index (κ2) is 7.35. The number of thioether (sulfide) groups is 1. The summed E-state index contributed by atoms with van der Waals surface area (Å²) in [5.41, 5.74) is 0.867. The zero-order valence-corrected chi connectivity index (χ0v) is 13.2. The quantitative estimate of drug-likeness (QED) is 0.649. The molecule has 0 bridgehead atoms. The van der Waals surface area contributed by atoms with E-state index < -0.39 is 17.7 Å². The minimum Gasteiger partial charge on any atom is -0.254 e. The van der Waals surface area contributed by atoms with E-state index in [1.807, 2.05) is 6.26 Å². The van der Waals surface area contributed by atoms with E-state index >= 15 is 0 Å². The molecule has 1 heterocycles. The van der Waals surface area contributed by atoms with E-state index in [9.17, 15) is 8.78 Å². The molecule has 112 valence electrons. The van der Waals surface area contributed by atoms with Gasteiger partial charge in [-0.3, -0.25) is 4.98 Å². The highest BCUT2D eigenvalue weighted by atomic mass is 35.5. The molecule has 0 saturated carbocycles. The average Bonchev–Trinajstić information content (AvgIpc) is 2.44. The van der Waals surface area contributed by atoms with Gasteiger partial charge in [0.15, 0.2) is 5.15 Å². The number of hydrogen-bond acceptors (Lipinski definition) is 4. The van der Waals surface area contributed by atoms with E-state index in [4.69, 9.17) is 23.4 Å². The zero-order chi connectivity index (χ0) is 15.4. The van der Waals surface area contributed by atoms with E-state index in [1.165, 1.54) is 23.9 Å². The summed E-state index contributed by atoms with van der Waals surface area (Å²) in [6, 6.07) is 2.78. The van der Waals surface area contributed by atoms with Gasteiger partial charge in [-0.25, -0.2) is 18.6 Å². The SMILES string of the molecule is CSc1cnc([C@H](Cc2cc(F)cc(F)c2)NCl)c(Cl)n1. The molecule has 2 aromatic rings. The van der Waals surface area contributed by atoms with Gasteiger partial charge in [0.05, 0.1) is 17.9 Å². The van der Waals surface area contributed by atoms with Crippen LogP contribution in [0.2, 0.25) is 5.15 Å². The third-order valence-electron chi connectivity index (χ3n) is 2.77. The van der Waals surface area contributed by atoms with Crippen LogP contribution in [0, 0.1) is 11.6 Å². The summed E-state index contributed by atoms with van der Waals surface area (Å²) in [6.07, 6.45) is 3.65. The van der Waals surface area contributed by atoms with Crippen LogP contribution in [-0.2, 0) is 6.42 Å². The molecule has 8 heteroatoms. The highest BCUT2D eigenvalue weighted by molar-refractivity contribution is 7.98. The van der Waals surface area contributed by atoms with Gasteiger partial charge in [-0.15, -0.1) is 11.8 Å². The molecule has 0 fully saturated rings. The minimum absolute atomic E-state index is 0.205. The summed E-state index contributed by atoms with van der Waals surface area (Å²) >= 11 is 13.2. The summed E-state index contributed by atoms with van der Waals surface area (Å²) in [7, 11) is 0. The van der Waals surface area contributed by atoms with Crippen LogP contribution in [-0.4, -0.2) is 16.2 Å². The highest BCUT2D eigenvalue weighted by Gasteiger charge is 2.18. The maximum atomic E-state index is 13.2. The molecule has 0 spiro atoms. The first-order valence-corrected chi connectivity index (χ1v) is 7.89. The normalized spacial score (nSPS) is 12.4. The first kappa shape index (κ1) is 16.4. The Morgan fingerprint density at radius 1 is 1.29 bits per heavy atom. The van der Waals surface area contributed by atoms with Crippen molar-refractivity contribution in [2.75, 3.05) is 6.26 Å². The average molecular weight is 350 g/mol. The lowest BCUT2D eigenvalue weighted by atomic mass is 10.0. The van der Waals surface area contributed by atoms with Crippen molar-refractivity contribution in [3.63, 3.8) is 0 Å². The van der Waals surface area contributed by atoms with Gasteiger partial charge in [-0.05, 0) is 42.1 Å². The fourth-order valence-electron chi connectivity index (χ4n) is 1.84. The van der Waals surface area contributed by atoms with Crippen LogP contribution in [0.15, 0.2) is 29.4 Å². The Morgan fingerprint density at radius 3 is 2.48 bits per heavy atom. The lowest BCUT2D eigenvalue weighted by Crippen LogP contribution is -2.17. The van der Waals surface area contributed by atoms with Crippen molar-refractivity contribution >= 4 is 35.1 Å². The predicted octanol–water partition coefficient (Wildman–Crippen LogP) is 4.16. The maximum absolute atomic E-state index is 13.2. The Labute approximate surface area is 135 Å². The summed E-state index contributed by atoms with van der Waals surface area (Å²) in [6.45, 7) is 0. The molecule has 1 N–H and O–H groups in total. The Balaban J connectivity index is 2.27. The lowest BCUT2D eigenvalue weighted by molar-refractivity contribution is 0.571.